The van der Waals surface area contributed by atoms with Gasteiger partial charge in [-0.3, -0.25) is 14.9 Å². The van der Waals surface area contributed by atoms with Gasteiger partial charge in [-0.25, -0.2) is 4.98 Å². The van der Waals surface area contributed by atoms with Crippen LogP contribution in [0.25, 0.3) is 0 Å². The lowest BCUT2D eigenvalue weighted by atomic mass is 10.1. The molecule has 0 aliphatic carbocycles. The third kappa shape index (κ3) is 4.98. The van der Waals surface area contributed by atoms with Crippen LogP contribution in [-0.2, 0) is 11.2 Å². The molecule has 1 unspecified atom stereocenters. The van der Waals surface area contributed by atoms with Gasteiger partial charge in [-0.15, -0.1) is 0 Å². The van der Waals surface area contributed by atoms with Crippen molar-refractivity contribution in [3.05, 3.63) is 81.7 Å². The van der Waals surface area contributed by atoms with Gasteiger partial charge in [0.25, 0.3) is 5.69 Å². The molecule has 1 heterocycles. The zero-order valence-electron chi connectivity index (χ0n) is 15.5. The number of aryl methyl sites for hydroxylation is 1. The number of aromatic nitrogens is 2. The standard InChI is InChI=1S/C20H20N4O3S/c1-13-18(12-15-6-4-3-5-7-15)23-20(21-13)28-14(2)19(25)22-16-8-10-17(11-9-16)24(26)27/h3-11,14H,12H2,1-2H3,(H,21,23)(H,22,25). The number of nitro benzene ring substituents is 1. The molecule has 1 aromatic heterocycles. The van der Waals surface area contributed by atoms with Crippen LogP contribution in [0.5, 0.6) is 0 Å². The SMILES string of the molecule is Cc1[nH]c(SC(C)C(=O)Nc2ccc([N+](=O)[O-])cc2)nc1Cc1ccccc1. The van der Waals surface area contributed by atoms with Gasteiger partial charge in [-0.2, -0.15) is 0 Å². The highest BCUT2D eigenvalue weighted by Gasteiger charge is 2.18. The molecule has 2 N–H and O–H groups in total. The van der Waals surface area contributed by atoms with Crippen molar-refractivity contribution in [3.63, 3.8) is 0 Å². The number of aromatic amines is 1. The third-order valence-electron chi connectivity index (χ3n) is 4.18. The van der Waals surface area contributed by atoms with Crippen LogP contribution in [0.1, 0.15) is 23.9 Å². The molecule has 0 radical (unpaired) electrons. The minimum atomic E-state index is -0.476. The maximum absolute atomic E-state index is 12.4. The molecule has 0 saturated carbocycles. The van der Waals surface area contributed by atoms with Crippen molar-refractivity contribution >= 4 is 29.0 Å². The first-order valence-corrected chi connectivity index (χ1v) is 9.61. The predicted octanol–water partition coefficient (Wildman–Crippen LogP) is 4.34. The molecular formula is C20H20N4O3S. The number of amides is 1. The molecule has 0 aliphatic heterocycles. The molecule has 0 saturated heterocycles. The molecule has 3 aromatic rings. The average molecular weight is 396 g/mol. The highest BCUT2D eigenvalue weighted by atomic mass is 32.2. The quantitative estimate of drug-likeness (QED) is 0.351. The Kier molecular flexibility index (Phi) is 6.10. The van der Waals surface area contributed by atoms with Gasteiger partial charge in [0.2, 0.25) is 5.91 Å². The molecule has 2 aromatic carbocycles. The average Bonchev–Trinajstić information content (AvgIpc) is 3.01. The number of imidazole rings is 1. The number of rotatable bonds is 7. The first-order valence-electron chi connectivity index (χ1n) is 8.74. The summed E-state index contributed by atoms with van der Waals surface area (Å²) in [5.41, 5.74) is 3.62. The van der Waals surface area contributed by atoms with Crippen molar-refractivity contribution in [1.29, 1.82) is 0 Å². The molecule has 1 atom stereocenters. The Hall–Kier alpha value is -3.13. The number of benzene rings is 2. The van der Waals surface area contributed by atoms with Gasteiger partial charge in [-0.05, 0) is 31.5 Å². The van der Waals surface area contributed by atoms with Gasteiger partial charge in [0.05, 0.1) is 15.9 Å². The topological polar surface area (TPSA) is 101 Å². The van der Waals surface area contributed by atoms with Crippen LogP contribution in [0.4, 0.5) is 11.4 Å². The second-order valence-corrected chi connectivity index (χ2v) is 7.66. The van der Waals surface area contributed by atoms with Crippen molar-refractivity contribution in [2.75, 3.05) is 5.32 Å². The fourth-order valence-electron chi connectivity index (χ4n) is 2.62. The molecule has 7 nitrogen and oxygen atoms in total. The van der Waals surface area contributed by atoms with Crippen molar-refractivity contribution in [2.24, 2.45) is 0 Å². The summed E-state index contributed by atoms with van der Waals surface area (Å²) >= 11 is 1.34. The second-order valence-electron chi connectivity index (χ2n) is 6.33. The van der Waals surface area contributed by atoms with Crippen LogP contribution in [0.3, 0.4) is 0 Å². The largest absolute Gasteiger partial charge is 0.337 e. The smallest absolute Gasteiger partial charge is 0.269 e. The zero-order valence-corrected chi connectivity index (χ0v) is 16.3. The number of nitro groups is 1. The first kappa shape index (κ1) is 19.6. The van der Waals surface area contributed by atoms with E-state index in [4.69, 9.17) is 0 Å². The minimum Gasteiger partial charge on any atom is -0.337 e. The number of hydrogen-bond acceptors (Lipinski definition) is 5. The normalized spacial score (nSPS) is 11.8. The van der Waals surface area contributed by atoms with E-state index in [-0.39, 0.29) is 16.8 Å². The van der Waals surface area contributed by atoms with Crippen molar-refractivity contribution in [2.45, 2.75) is 30.7 Å². The van der Waals surface area contributed by atoms with E-state index in [1.807, 2.05) is 25.1 Å². The lowest BCUT2D eigenvalue weighted by molar-refractivity contribution is -0.384. The Morgan fingerprint density at radius 2 is 1.89 bits per heavy atom. The van der Waals surface area contributed by atoms with Gasteiger partial charge < -0.3 is 10.3 Å². The number of carbonyl (C=O) groups excluding carboxylic acids is 1. The van der Waals surface area contributed by atoms with Crippen LogP contribution in [0, 0.1) is 17.0 Å². The molecule has 0 aliphatic rings. The van der Waals surface area contributed by atoms with E-state index < -0.39 is 4.92 Å². The van der Waals surface area contributed by atoms with Gasteiger partial charge >= 0.3 is 0 Å². The van der Waals surface area contributed by atoms with Crippen molar-refractivity contribution in [3.8, 4) is 0 Å². The number of nitrogens with zero attached hydrogens (tertiary/aromatic N) is 2. The molecule has 28 heavy (non-hydrogen) atoms. The fourth-order valence-corrected chi connectivity index (χ4v) is 3.49. The molecule has 1 amide bonds. The predicted molar refractivity (Wildman–Crippen MR) is 110 cm³/mol. The molecule has 144 valence electrons. The molecule has 3 rings (SSSR count). The van der Waals surface area contributed by atoms with Crippen molar-refractivity contribution < 1.29 is 9.72 Å². The fraction of sp³-hybridized carbons (Fsp3) is 0.200. The monoisotopic (exact) mass is 396 g/mol. The van der Waals surface area contributed by atoms with Gasteiger partial charge in [-0.1, -0.05) is 42.1 Å². The molecule has 0 fully saturated rings. The molecular weight excluding hydrogens is 376 g/mol. The number of nitrogens with one attached hydrogen (secondary N) is 2. The van der Waals surface area contributed by atoms with E-state index in [0.29, 0.717) is 10.8 Å². The number of carbonyl (C=O) groups is 1. The highest BCUT2D eigenvalue weighted by molar-refractivity contribution is 8.00. The number of anilines is 1. The summed E-state index contributed by atoms with van der Waals surface area (Å²) in [5, 5.41) is 13.8. The number of H-pyrrole nitrogens is 1. The zero-order chi connectivity index (χ0) is 20.1. The Labute approximate surface area is 166 Å². The minimum absolute atomic E-state index is 0.0163. The first-order chi connectivity index (χ1) is 13.4. The van der Waals surface area contributed by atoms with Gasteiger partial charge in [0.15, 0.2) is 5.16 Å². The van der Waals surface area contributed by atoms with Crippen LogP contribution in [0.15, 0.2) is 59.8 Å². The maximum atomic E-state index is 12.4. The van der Waals surface area contributed by atoms with Crippen LogP contribution < -0.4 is 5.32 Å². The number of hydrogen-bond donors (Lipinski definition) is 2. The summed E-state index contributed by atoms with van der Waals surface area (Å²) in [6, 6.07) is 15.8. The summed E-state index contributed by atoms with van der Waals surface area (Å²) in [6.07, 6.45) is 0.729. The third-order valence-corrected chi connectivity index (χ3v) is 5.17. The summed E-state index contributed by atoms with van der Waals surface area (Å²) in [4.78, 5) is 30.5. The molecule has 0 bridgehead atoms. The van der Waals surface area contributed by atoms with E-state index in [0.717, 1.165) is 17.8 Å². The summed E-state index contributed by atoms with van der Waals surface area (Å²) < 4.78 is 0. The van der Waals surface area contributed by atoms with Gasteiger partial charge in [0, 0.05) is 29.9 Å². The van der Waals surface area contributed by atoms with E-state index in [1.165, 1.54) is 41.6 Å². The van der Waals surface area contributed by atoms with E-state index in [2.05, 4.69) is 27.4 Å². The van der Waals surface area contributed by atoms with E-state index in [9.17, 15) is 14.9 Å². The Morgan fingerprint density at radius 1 is 1.21 bits per heavy atom. The molecule has 0 spiro atoms. The lowest BCUT2D eigenvalue weighted by Crippen LogP contribution is -2.22. The highest BCUT2D eigenvalue weighted by Crippen LogP contribution is 2.24. The van der Waals surface area contributed by atoms with Gasteiger partial charge in [0.1, 0.15) is 0 Å². The number of thioether (sulfide) groups is 1. The molecule has 8 heteroatoms. The summed E-state index contributed by atoms with van der Waals surface area (Å²) in [5.74, 6) is -0.197. The lowest BCUT2D eigenvalue weighted by Gasteiger charge is -2.10. The Morgan fingerprint density at radius 3 is 2.54 bits per heavy atom. The van der Waals surface area contributed by atoms with E-state index >= 15 is 0 Å². The summed E-state index contributed by atoms with van der Waals surface area (Å²) in [6.45, 7) is 3.76. The van der Waals surface area contributed by atoms with Crippen LogP contribution in [-0.4, -0.2) is 26.0 Å². The maximum Gasteiger partial charge on any atom is 0.269 e. The van der Waals surface area contributed by atoms with Crippen molar-refractivity contribution in [1.82, 2.24) is 9.97 Å². The Balaban J connectivity index is 1.60. The van der Waals surface area contributed by atoms with Crippen LogP contribution in [0.2, 0.25) is 0 Å². The second kappa shape index (κ2) is 8.71. The summed E-state index contributed by atoms with van der Waals surface area (Å²) in [7, 11) is 0. The van der Waals surface area contributed by atoms with Crippen LogP contribution >= 0.6 is 11.8 Å². The number of non-ortho nitro benzene ring substituents is 1. The van der Waals surface area contributed by atoms with E-state index in [1.54, 1.807) is 6.92 Å². The Bertz CT molecular complexity index is 971.